The molecule has 0 bridgehead atoms. The van der Waals surface area contributed by atoms with E-state index < -0.39 is 0 Å². The molecule has 0 aromatic heterocycles. The van der Waals surface area contributed by atoms with E-state index in [1.807, 2.05) is 20.8 Å². The number of esters is 1. The highest BCUT2D eigenvalue weighted by Crippen LogP contribution is 2.17. The maximum Gasteiger partial charge on any atom is 0.310 e. The summed E-state index contributed by atoms with van der Waals surface area (Å²) in [5.41, 5.74) is 0. The summed E-state index contributed by atoms with van der Waals surface area (Å²) in [6.07, 6.45) is 0.914. The van der Waals surface area contributed by atoms with E-state index in [0.717, 1.165) is 13.0 Å². The Bertz CT molecular complexity index is 168. The molecule has 1 aliphatic rings. The standard InChI is InChI=1S/C9H17NO2/c1-6(2)12-9(11)8-4-5-10-7(8)3/h6-8,10H,4-5H2,1-3H3. The van der Waals surface area contributed by atoms with Gasteiger partial charge in [-0.25, -0.2) is 0 Å². The van der Waals surface area contributed by atoms with E-state index in [0.29, 0.717) is 0 Å². The van der Waals surface area contributed by atoms with E-state index >= 15 is 0 Å². The van der Waals surface area contributed by atoms with Gasteiger partial charge in [-0.1, -0.05) is 0 Å². The molecule has 2 unspecified atom stereocenters. The summed E-state index contributed by atoms with van der Waals surface area (Å²) in [5.74, 6) is 0.00917. The Hall–Kier alpha value is -0.570. The normalized spacial score (nSPS) is 29.3. The molecule has 3 nitrogen and oxygen atoms in total. The topological polar surface area (TPSA) is 38.3 Å². The highest BCUT2D eigenvalue weighted by Gasteiger charge is 2.30. The Labute approximate surface area is 73.5 Å². The van der Waals surface area contributed by atoms with Crippen molar-refractivity contribution in [3.05, 3.63) is 0 Å². The van der Waals surface area contributed by atoms with Crippen molar-refractivity contribution >= 4 is 5.97 Å². The van der Waals surface area contributed by atoms with Gasteiger partial charge in [0, 0.05) is 6.04 Å². The van der Waals surface area contributed by atoms with Gasteiger partial charge in [0.1, 0.15) is 0 Å². The molecule has 3 heteroatoms. The summed E-state index contributed by atoms with van der Waals surface area (Å²) in [6.45, 7) is 6.72. The van der Waals surface area contributed by atoms with Crippen LogP contribution in [0.2, 0.25) is 0 Å². The highest BCUT2D eigenvalue weighted by molar-refractivity contribution is 5.73. The largest absolute Gasteiger partial charge is 0.463 e. The van der Waals surface area contributed by atoms with E-state index in [2.05, 4.69) is 5.32 Å². The fourth-order valence-electron chi connectivity index (χ4n) is 1.50. The van der Waals surface area contributed by atoms with Gasteiger partial charge in [-0.05, 0) is 33.7 Å². The quantitative estimate of drug-likeness (QED) is 0.628. The van der Waals surface area contributed by atoms with Crippen molar-refractivity contribution in [3.8, 4) is 0 Å². The molecule has 1 heterocycles. The summed E-state index contributed by atoms with van der Waals surface area (Å²) in [4.78, 5) is 11.4. The lowest BCUT2D eigenvalue weighted by Gasteiger charge is -2.15. The number of hydrogen-bond acceptors (Lipinski definition) is 3. The van der Waals surface area contributed by atoms with Crippen molar-refractivity contribution in [1.82, 2.24) is 5.32 Å². The lowest BCUT2D eigenvalue weighted by Crippen LogP contribution is -2.30. The second-order valence-electron chi connectivity index (χ2n) is 3.62. The fourth-order valence-corrected chi connectivity index (χ4v) is 1.50. The Morgan fingerprint density at radius 2 is 2.25 bits per heavy atom. The molecule has 0 spiro atoms. The van der Waals surface area contributed by atoms with Gasteiger partial charge in [0.25, 0.3) is 0 Å². The van der Waals surface area contributed by atoms with Crippen LogP contribution in [0, 0.1) is 5.92 Å². The lowest BCUT2D eigenvalue weighted by molar-refractivity contribution is -0.152. The van der Waals surface area contributed by atoms with Crippen molar-refractivity contribution < 1.29 is 9.53 Å². The minimum absolute atomic E-state index is 0.00491. The van der Waals surface area contributed by atoms with Crippen molar-refractivity contribution in [2.75, 3.05) is 6.54 Å². The number of carbonyl (C=O) groups is 1. The first-order chi connectivity index (χ1) is 5.61. The fraction of sp³-hybridized carbons (Fsp3) is 0.889. The van der Waals surface area contributed by atoms with Crippen LogP contribution >= 0.6 is 0 Å². The van der Waals surface area contributed by atoms with Crippen LogP contribution in [0.1, 0.15) is 27.2 Å². The minimum Gasteiger partial charge on any atom is -0.463 e. The zero-order valence-corrected chi connectivity index (χ0v) is 7.96. The van der Waals surface area contributed by atoms with E-state index in [1.165, 1.54) is 0 Å². The van der Waals surface area contributed by atoms with Gasteiger partial charge in [0.05, 0.1) is 12.0 Å². The molecule has 70 valence electrons. The zero-order chi connectivity index (χ0) is 9.14. The first kappa shape index (κ1) is 9.52. The van der Waals surface area contributed by atoms with Gasteiger partial charge >= 0.3 is 5.97 Å². The Balaban J connectivity index is 2.41. The van der Waals surface area contributed by atoms with E-state index in [1.54, 1.807) is 0 Å². The SMILES string of the molecule is CC(C)OC(=O)C1CCNC1C. The Morgan fingerprint density at radius 3 is 2.67 bits per heavy atom. The third kappa shape index (κ3) is 2.21. The Morgan fingerprint density at radius 1 is 1.58 bits per heavy atom. The highest BCUT2D eigenvalue weighted by atomic mass is 16.5. The van der Waals surface area contributed by atoms with Gasteiger partial charge in [0.15, 0.2) is 0 Å². The third-order valence-corrected chi connectivity index (χ3v) is 2.18. The first-order valence-electron chi connectivity index (χ1n) is 4.55. The van der Waals surface area contributed by atoms with Crippen LogP contribution in [0.15, 0.2) is 0 Å². The van der Waals surface area contributed by atoms with Crippen molar-refractivity contribution in [2.45, 2.75) is 39.3 Å². The molecule has 1 saturated heterocycles. The molecule has 0 radical (unpaired) electrons. The van der Waals surface area contributed by atoms with Crippen LogP contribution < -0.4 is 5.32 Å². The monoisotopic (exact) mass is 171 g/mol. The number of rotatable bonds is 2. The molecular formula is C9H17NO2. The first-order valence-corrected chi connectivity index (χ1v) is 4.55. The molecule has 2 atom stereocenters. The van der Waals surface area contributed by atoms with Gasteiger partial charge in [-0.15, -0.1) is 0 Å². The Kier molecular flexibility index (Phi) is 3.09. The molecule has 0 aromatic carbocycles. The maximum atomic E-state index is 11.4. The van der Waals surface area contributed by atoms with Gasteiger partial charge < -0.3 is 10.1 Å². The number of ether oxygens (including phenoxy) is 1. The van der Waals surface area contributed by atoms with Crippen LogP contribution in [-0.4, -0.2) is 24.7 Å². The molecule has 0 saturated carbocycles. The molecule has 0 aromatic rings. The van der Waals surface area contributed by atoms with Crippen LogP contribution in [0.5, 0.6) is 0 Å². The molecule has 12 heavy (non-hydrogen) atoms. The van der Waals surface area contributed by atoms with Crippen molar-refractivity contribution in [2.24, 2.45) is 5.92 Å². The second kappa shape index (κ2) is 3.90. The van der Waals surface area contributed by atoms with Crippen LogP contribution in [0.4, 0.5) is 0 Å². The zero-order valence-electron chi connectivity index (χ0n) is 7.96. The molecular weight excluding hydrogens is 154 g/mol. The van der Waals surface area contributed by atoms with E-state index in [4.69, 9.17) is 4.74 Å². The summed E-state index contributed by atoms with van der Waals surface area (Å²) < 4.78 is 5.13. The van der Waals surface area contributed by atoms with Gasteiger partial charge in [-0.2, -0.15) is 0 Å². The molecule has 1 rings (SSSR count). The average Bonchev–Trinajstić information content (AvgIpc) is 2.33. The van der Waals surface area contributed by atoms with Crippen LogP contribution in [0.3, 0.4) is 0 Å². The summed E-state index contributed by atoms with van der Waals surface area (Å²) in [7, 11) is 0. The summed E-state index contributed by atoms with van der Waals surface area (Å²) in [6, 6.07) is 0.274. The molecule has 1 N–H and O–H groups in total. The smallest absolute Gasteiger partial charge is 0.310 e. The van der Waals surface area contributed by atoms with Crippen LogP contribution in [-0.2, 0) is 9.53 Å². The van der Waals surface area contributed by atoms with Crippen molar-refractivity contribution in [1.29, 1.82) is 0 Å². The molecule has 0 amide bonds. The van der Waals surface area contributed by atoms with Gasteiger partial charge in [-0.3, -0.25) is 4.79 Å². The number of carbonyl (C=O) groups excluding carboxylic acids is 1. The predicted molar refractivity (Wildman–Crippen MR) is 46.8 cm³/mol. The van der Waals surface area contributed by atoms with Crippen molar-refractivity contribution in [3.63, 3.8) is 0 Å². The average molecular weight is 171 g/mol. The van der Waals surface area contributed by atoms with E-state index in [9.17, 15) is 4.79 Å². The molecule has 1 aliphatic heterocycles. The molecule has 0 aliphatic carbocycles. The summed E-state index contributed by atoms with van der Waals surface area (Å²) in [5, 5.41) is 3.22. The minimum atomic E-state index is -0.0532. The summed E-state index contributed by atoms with van der Waals surface area (Å²) >= 11 is 0. The van der Waals surface area contributed by atoms with Crippen LogP contribution in [0.25, 0.3) is 0 Å². The number of nitrogens with one attached hydrogen (secondary N) is 1. The van der Waals surface area contributed by atoms with Gasteiger partial charge in [0.2, 0.25) is 0 Å². The third-order valence-electron chi connectivity index (χ3n) is 2.18. The maximum absolute atomic E-state index is 11.4. The van der Waals surface area contributed by atoms with E-state index in [-0.39, 0.29) is 24.0 Å². The predicted octanol–water partition coefficient (Wildman–Crippen LogP) is 0.936. The lowest BCUT2D eigenvalue weighted by atomic mass is 10.0. The molecule has 1 fully saturated rings. The number of hydrogen-bond donors (Lipinski definition) is 1. The second-order valence-corrected chi connectivity index (χ2v) is 3.62.